The predicted octanol–water partition coefficient (Wildman–Crippen LogP) is 11.2. The molecule has 0 aliphatic carbocycles. The van der Waals surface area contributed by atoms with Gasteiger partial charge in [-0.3, -0.25) is 14.2 Å². The number of esters is 2. The number of quaternary nitrogens is 1. The SMILES string of the molecule is CC/C=C/C=C/C=C/C=C/CCCCCCCC(=O)O[C@H](COC(=O)CCCCC/C=C/C/C=C/C/C=C/C/C=C/CCC)COP(=O)([O-])OCC[N+](C)(C)C. The van der Waals surface area contributed by atoms with Crippen LogP contribution >= 0.6 is 7.82 Å². The highest BCUT2D eigenvalue weighted by molar-refractivity contribution is 7.45. The molecule has 10 heteroatoms. The molecule has 0 N–H and O–H groups in total. The summed E-state index contributed by atoms with van der Waals surface area (Å²) in [5, 5.41) is 0. The van der Waals surface area contributed by atoms with Crippen LogP contribution in [0.15, 0.2) is 97.2 Å². The molecule has 0 saturated heterocycles. The van der Waals surface area contributed by atoms with E-state index in [1.54, 1.807) is 0 Å². The molecule has 318 valence electrons. The minimum Gasteiger partial charge on any atom is -0.756 e. The van der Waals surface area contributed by atoms with Crippen molar-refractivity contribution in [3.8, 4) is 0 Å². The summed E-state index contributed by atoms with van der Waals surface area (Å²) >= 11 is 0. The Hall–Kier alpha value is -3.07. The number of phosphoric ester groups is 1. The fourth-order valence-electron chi connectivity index (χ4n) is 4.89. The summed E-state index contributed by atoms with van der Waals surface area (Å²) in [6.45, 7) is 3.92. The first-order valence-electron chi connectivity index (χ1n) is 21.0. The maximum Gasteiger partial charge on any atom is 0.306 e. The first kappa shape index (κ1) is 52.9. The lowest BCUT2D eigenvalue weighted by Crippen LogP contribution is -2.37. The Morgan fingerprint density at radius 3 is 1.70 bits per heavy atom. The standard InChI is InChI=1S/C46H76NO8P/c1-6-8-10-12-14-16-18-20-22-23-25-26-28-30-32-34-36-38-45(48)52-42-44(43-54-56(50,51)53-41-40-47(3,4)5)55-46(49)39-37-35-33-31-29-27-24-21-19-17-15-13-11-9-7-2/h9-13,15-19,21-24,26,28,44H,6-8,14,20,25,27,29-43H2,1-5H3/b11-9+,12-10+,15-13+,18-16+,19-17+,23-22+,24-21+,28-26+/t44-/m1/s1. The van der Waals surface area contributed by atoms with Gasteiger partial charge in [0.2, 0.25) is 0 Å². The molecule has 0 aromatic rings. The number of ether oxygens (including phenoxy) is 2. The Bertz CT molecular complexity index is 1270. The summed E-state index contributed by atoms with van der Waals surface area (Å²) in [5.41, 5.74) is 0. The number of phosphoric acid groups is 1. The van der Waals surface area contributed by atoms with E-state index in [1.165, 1.54) is 6.42 Å². The van der Waals surface area contributed by atoms with Crippen LogP contribution in [-0.4, -0.2) is 70.0 Å². The Labute approximate surface area is 341 Å². The van der Waals surface area contributed by atoms with E-state index in [1.807, 2.05) is 51.5 Å². The van der Waals surface area contributed by atoms with Crippen molar-refractivity contribution in [2.75, 3.05) is 47.5 Å². The van der Waals surface area contributed by atoms with Gasteiger partial charge in [0.1, 0.15) is 19.8 Å². The normalized spacial score (nSPS) is 14.6. The van der Waals surface area contributed by atoms with Crippen LogP contribution in [0.25, 0.3) is 0 Å². The van der Waals surface area contributed by atoms with Crippen molar-refractivity contribution in [1.82, 2.24) is 0 Å². The first-order chi connectivity index (χ1) is 27.0. The van der Waals surface area contributed by atoms with Gasteiger partial charge in [-0.2, -0.15) is 0 Å². The second kappa shape index (κ2) is 37.5. The molecule has 0 rings (SSSR count). The molecule has 0 amide bonds. The van der Waals surface area contributed by atoms with Crippen LogP contribution < -0.4 is 4.89 Å². The summed E-state index contributed by atoms with van der Waals surface area (Å²) in [5.74, 6) is -0.911. The van der Waals surface area contributed by atoms with Crippen LogP contribution in [0, 0.1) is 0 Å². The van der Waals surface area contributed by atoms with E-state index in [0.717, 1.165) is 83.5 Å². The first-order valence-corrected chi connectivity index (χ1v) is 22.5. The van der Waals surface area contributed by atoms with Crippen molar-refractivity contribution in [3.63, 3.8) is 0 Å². The molecule has 0 aliphatic rings. The van der Waals surface area contributed by atoms with Crippen molar-refractivity contribution in [2.45, 2.75) is 136 Å². The molecule has 9 nitrogen and oxygen atoms in total. The number of unbranched alkanes of at least 4 members (excludes halogenated alkanes) is 9. The summed E-state index contributed by atoms with van der Waals surface area (Å²) < 4.78 is 33.8. The molecule has 0 spiro atoms. The third-order valence-electron chi connectivity index (χ3n) is 8.16. The van der Waals surface area contributed by atoms with Gasteiger partial charge in [-0.25, -0.2) is 0 Å². The van der Waals surface area contributed by atoms with E-state index in [0.29, 0.717) is 23.9 Å². The Kier molecular flexibility index (Phi) is 35.4. The zero-order chi connectivity index (χ0) is 41.4. The average molecular weight is 802 g/mol. The number of carbonyl (C=O) groups excluding carboxylic acids is 2. The van der Waals surface area contributed by atoms with Gasteiger partial charge in [-0.1, -0.05) is 143 Å². The summed E-state index contributed by atoms with van der Waals surface area (Å²) in [6.07, 6.45) is 48.6. The van der Waals surface area contributed by atoms with Gasteiger partial charge in [0, 0.05) is 12.8 Å². The molecule has 0 aromatic heterocycles. The highest BCUT2D eigenvalue weighted by atomic mass is 31.2. The number of rotatable bonds is 36. The Morgan fingerprint density at radius 1 is 0.589 bits per heavy atom. The van der Waals surface area contributed by atoms with Gasteiger partial charge in [0.05, 0.1) is 27.7 Å². The fourth-order valence-corrected chi connectivity index (χ4v) is 5.62. The molecule has 0 aliphatic heterocycles. The van der Waals surface area contributed by atoms with Crippen molar-refractivity contribution in [2.24, 2.45) is 0 Å². The van der Waals surface area contributed by atoms with Crippen molar-refractivity contribution >= 4 is 19.8 Å². The third-order valence-corrected chi connectivity index (χ3v) is 9.13. The van der Waals surface area contributed by atoms with Gasteiger partial charge in [-0.05, 0) is 70.6 Å². The zero-order valence-electron chi connectivity index (χ0n) is 35.5. The van der Waals surface area contributed by atoms with Crippen molar-refractivity contribution in [3.05, 3.63) is 97.2 Å². The molecule has 2 atom stereocenters. The van der Waals surface area contributed by atoms with Crippen LogP contribution in [0.5, 0.6) is 0 Å². The van der Waals surface area contributed by atoms with Crippen LogP contribution in [0.4, 0.5) is 0 Å². The van der Waals surface area contributed by atoms with E-state index >= 15 is 0 Å². The van der Waals surface area contributed by atoms with Gasteiger partial charge >= 0.3 is 11.9 Å². The molecule has 0 fully saturated rings. The van der Waals surface area contributed by atoms with E-state index in [-0.39, 0.29) is 26.1 Å². The second-order valence-corrected chi connectivity index (χ2v) is 16.1. The molecular formula is C46H76NO8P. The molecule has 0 radical (unpaired) electrons. The highest BCUT2D eigenvalue weighted by Crippen LogP contribution is 2.38. The third kappa shape index (κ3) is 40.6. The number of carbonyl (C=O) groups is 2. The maximum absolute atomic E-state index is 12.6. The Morgan fingerprint density at radius 2 is 1.09 bits per heavy atom. The number of allylic oxidation sites excluding steroid dienone is 16. The molecule has 56 heavy (non-hydrogen) atoms. The average Bonchev–Trinajstić information content (AvgIpc) is 3.15. The van der Waals surface area contributed by atoms with Crippen LogP contribution in [-0.2, 0) is 32.7 Å². The van der Waals surface area contributed by atoms with Crippen LogP contribution in [0.1, 0.15) is 129 Å². The smallest absolute Gasteiger partial charge is 0.306 e. The monoisotopic (exact) mass is 802 g/mol. The lowest BCUT2D eigenvalue weighted by Gasteiger charge is -2.28. The van der Waals surface area contributed by atoms with Crippen molar-refractivity contribution in [1.29, 1.82) is 0 Å². The molecule has 0 heterocycles. The fraction of sp³-hybridized carbons (Fsp3) is 0.609. The summed E-state index contributed by atoms with van der Waals surface area (Å²) in [6, 6.07) is 0. The molecule has 0 aromatic carbocycles. The number of hydrogen-bond donors (Lipinski definition) is 0. The van der Waals surface area contributed by atoms with Gasteiger partial charge in [-0.15, -0.1) is 0 Å². The topological polar surface area (TPSA) is 111 Å². The quantitative estimate of drug-likeness (QED) is 0.0154. The van der Waals surface area contributed by atoms with Crippen LogP contribution in [0.2, 0.25) is 0 Å². The van der Waals surface area contributed by atoms with E-state index in [2.05, 4.69) is 80.7 Å². The molecule has 1 unspecified atom stereocenters. The van der Waals surface area contributed by atoms with Gasteiger partial charge < -0.3 is 27.9 Å². The summed E-state index contributed by atoms with van der Waals surface area (Å²) in [4.78, 5) is 37.5. The van der Waals surface area contributed by atoms with Gasteiger partial charge in [0.25, 0.3) is 7.82 Å². The minimum absolute atomic E-state index is 0.0474. The maximum atomic E-state index is 12.6. The lowest BCUT2D eigenvalue weighted by molar-refractivity contribution is -0.870. The molecule has 0 bridgehead atoms. The Balaban J connectivity index is 4.51. The van der Waals surface area contributed by atoms with Gasteiger partial charge in [0.15, 0.2) is 6.10 Å². The zero-order valence-corrected chi connectivity index (χ0v) is 36.4. The highest BCUT2D eigenvalue weighted by Gasteiger charge is 2.21. The lowest BCUT2D eigenvalue weighted by atomic mass is 10.1. The molecule has 0 saturated carbocycles. The second-order valence-electron chi connectivity index (χ2n) is 14.7. The number of nitrogens with zero attached hydrogens (tertiary/aromatic N) is 1. The number of hydrogen-bond acceptors (Lipinski definition) is 8. The predicted molar refractivity (Wildman–Crippen MR) is 231 cm³/mol. The van der Waals surface area contributed by atoms with Crippen LogP contribution in [0.3, 0.4) is 0 Å². The number of likely N-dealkylation sites (N-methyl/N-ethyl adjacent to an activating group) is 1. The van der Waals surface area contributed by atoms with E-state index in [4.69, 9.17) is 18.5 Å². The van der Waals surface area contributed by atoms with Crippen molar-refractivity contribution < 1.29 is 42.1 Å². The van der Waals surface area contributed by atoms with E-state index in [9.17, 15) is 19.0 Å². The van der Waals surface area contributed by atoms with E-state index < -0.39 is 32.5 Å². The largest absolute Gasteiger partial charge is 0.756 e. The summed E-state index contributed by atoms with van der Waals surface area (Å²) in [7, 11) is 1.11. The molecular weight excluding hydrogens is 725 g/mol. The minimum atomic E-state index is -4.64.